The third-order valence-electron chi connectivity index (χ3n) is 1.32. The van der Waals surface area contributed by atoms with E-state index in [2.05, 4.69) is 0 Å². The van der Waals surface area contributed by atoms with Crippen LogP contribution in [0.3, 0.4) is 0 Å². The van der Waals surface area contributed by atoms with Gasteiger partial charge in [-0.2, -0.15) is 5.26 Å². The normalized spacial score (nSPS) is 44.9. The van der Waals surface area contributed by atoms with Crippen molar-refractivity contribution in [2.24, 2.45) is 0 Å². The van der Waals surface area contributed by atoms with Crippen LogP contribution < -0.4 is 0 Å². The Balaban J connectivity index is 2.44. The molecule has 1 aliphatic rings. The maximum absolute atomic E-state index is 12.4. The molecular formula is C5H6FNO. The highest BCUT2D eigenvalue weighted by molar-refractivity contribution is 5.10. The molecule has 1 N–H and O–H groups in total. The summed E-state index contributed by atoms with van der Waals surface area (Å²) in [5.74, 6) is 0. The summed E-state index contributed by atoms with van der Waals surface area (Å²) >= 11 is 0. The molecule has 1 fully saturated rings. The molecule has 3 heteroatoms. The molecule has 0 aliphatic heterocycles. The van der Waals surface area contributed by atoms with Crippen LogP contribution in [-0.2, 0) is 0 Å². The largest absolute Gasteiger partial charge is 0.393 e. The molecular weight excluding hydrogens is 109 g/mol. The zero-order valence-electron chi connectivity index (χ0n) is 4.26. The molecule has 0 aromatic carbocycles. The smallest absolute Gasteiger partial charge is 0.201 e. The van der Waals surface area contributed by atoms with E-state index in [4.69, 9.17) is 10.4 Å². The fourth-order valence-electron chi connectivity index (χ4n) is 0.778. The van der Waals surface area contributed by atoms with Crippen molar-refractivity contribution in [3.8, 4) is 6.07 Å². The number of nitrogens with zero attached hydrogens (tertiary/aromatic N) is 1. The van der Waals surface area contributed by atoms with Gasteiger partial charge in [-0.3, -0.25) is 0 Å². The fourth-order valence-corrected chi connectivity index (χ4v) is 0.778. The van der Waals surface area contributed by atoms with Crippen LogP contribution in [0.5, 0.6) is 0 Å². The summed E-state index contributed by atoms with van der Waals surface area (Å²) in [5.41, 5.74) is -1.71. The molecule has 0 spiro atoms. The van der Waals surface area contributed by atoms with Crippen molar-refractivity contribution >= 4 is 0 Å². The van der Waals surface area contributed by atoms with Gasteiger partial charge in [-0.05, 0) is 0 Å². The summed E-state index contributed by atoms with van der Waals surface area (Å²) in [5, 5.41) is 16.6. The van der Waals surface area contributed by atoms with Crippen LogP contribution >= 0.6 is 0 Å². The first-order chi connectivity index (χ1) is 3.66. The van der Waals surface area contributed by atoms with Gasteiger partial charge >= 0.3 is 0 Å². The minimum atomic E-state index is -1.71. The molecule has 0 atom stereocenters. The topological polar surface area (TPSA) is 44.0 Å². The molecule has 8 heavy (non-hydrogen) atoms. The summed E-state index contributed by atoms with van der Waals surface area (Å²) in [4.78, 5) is 0. The predicted octanol–water partition coefficient (Wildman–Crippen LogP) is 0.373. The Morgan fingerprint density at radius 1 is 1.75 bits per heavy atom. The van der Waals surface area contributed by atoms with Crippen molar-refractivity contribution in [1.29, 1.82) is 5.26 Å². The standard InChI is InChI=1S/C5H6FNO/c6-5(3-7)1-4(8)2-5/h4,8H,1-2H2. The van der Waals surface area contributed by atoms with Gasteiger partial charge in [0.05, 0.1) is 6.10 Å². The number of alkyl halides is 1. The van der Waals surface area contributed by atoms with Gasteiger partial charge in [-0.1, -0.05) is 0 Å². The van der Waals surface area contributed by atoms with Crippen molar-refractivity contribution in [2.75, 3.05) is 0 Å². The second-order valence-electron chi connectivity index (χ2n) is 2.14. The number of nitriles is 1. The molecule has 1 rings (SSSR count). The van der Waals surface area contributed by atoms with Gasteiger partial charge < -0.3 is 5.11 Å². The molecule has 0 unspecified atom stereocenters. The SMILES string of the molecule is N#CC1(F)CC(O)C1. The molecule has 1 aliphatic carbocycles. The molecule has 0 heterocycles. The van der Waals surface area contributed by atoms with Crippen LogP contribution in [0.4, 0.5) is 4.39 Å². The van der Waals surface area contributed by atoms with E-state index in [0.717, 1.165) is 0 Å². The van der Waals surface area contributed by atoms with E-state index in [1.807, 2.05) is 0 Å². The Bertz CT molecular complexity index is 134. The van der Waals surface area contributed by atoms with Gasteiger partial charge in [-0.15, -0.1) is 0 Å². The molecule has 2 nitrogen and oxygen atoms in total. The van der Waals surface area contributed by atoms with Crippen molar-refractivity contribution in [3.63, 3.8) is 0 Å². The zero-order chi connectivity index (χ0) is 6.20. The average Bonchev–Trinajstić information content (AvgIpc) is 1.63. The fraction of sp³-hybridized carbons (Fsp3) is 0.800. The Morgan fingerprint density at radius 3 is 2.38 bits per heavy atom. The number of halogens is 1. The number of hydrogen-bond acceptors (Lipinski definition) is 2. The molecule has 0 aromatic rings. The molecule has 0 radical (unpaired) electrons. The van der Waals surface area contributed by atoms with Gasteiger partial charge in [-0.25, -0.2) is 4.39 Å². The Kier molecular flexibility index (Phi) is 0.983. The van der Waals surface area contributed by atoms with Crippen molar-refractivity contribution in [3.05, 3.63) is 0 Å². The zero-order valence-corrected chi connectivity index (χ0v) is 4.26. The first-order valence-corrected chi connectivity index (χ1v) is 2.44. The Labute approximate surface area is 46.5 Å². The number of rotatable bonds is 0. The van der Waals surface area contributed by atoms with Crippen molar-refractivity contribution in [1.82, 2.24) is 0 Å². The molecule has 1 saturated carbocycles. The summed E-state index contributed by atoms with van der Waals surface area (Å²) in [7, 11) is 0. The lowest BCUT2D eigenvalue weighted by atomic mass is 9.81. The van der Waals surface area contributed by atoms with Crippen LogP contribution in [0.1, 0.15) is 12.8 Å². The molecule has 0 saturated heterocycles. The monoisotopic (exact) mass is 115 g/mol. The number of aliphatic hydroxyl groups excluding tert-OH is 1. The van der Waals surface area contributed by atoms with E-state index in [9.17, 15) is 4.39 Å². The van der Waals surface area contributed by atoms with Gasteiger partial charge in [0, 0.05) is 12.8 Å². The quantitative estimate of drug-likeness (QED) is 0.495. The lowest BCUT2D eigenvalue weighted by Crippen LogP contribution is -2.41. The van der Waals surface area contributed by atoms with Crippen LogP contribution in [0.2, 0.25) is 0 Å². The molecule has 44 valence electrons. The highest BCUT2D eigenvalue weighted by Gasteiger charge is 2.44. The maximum Gasteiger partial charge on any atom is 0.201 e. The van der Waals surface area contributed by atoms with Crippen molar-refractivity contribution < 1.29 is 9.50 Å². The Hall–Kier alpha value is -0.620. The van der Waals surface area contributed by atoms with Crippen LogP contribution in [0.25, 0.3) is 0 Å². The maximum atomic E-state index is 12.4. The third kappa shape index (κ3) is 0.673. The summed E-state index contributed by atoms with van der Waals surface area (Å²) in [6.07, 6.45) is -0.604. The van der Waals surface area contributed by atoms with Crippen LogP contribution in [0, 0.1) is 11.3 Å². The highest BCUT2D eigenvalue weighted by atomic mass is 19.1. The van der Waals surface area contributed by atoms with Crippen molar-refractivity contribution in [2.45, 2.75) is 24.6 Å². The predicted molar refractivity (Wildman–Crippen MR) is 24.7 cm³/mol. The second kappa shape index (κ2) is 1.43. The minimum Gasteiger partial charge on any atom is -0.393 e. The second-order valence-corrected chi connectivity index (χ2v) is 2.14. The summed E-state index contributed by atoms with van der Waals surface area (Å²) in [6, 6.07) is 1.48. The summed E-state index contributed by atoms with van der Waals surface area (Å²) in [6.45, 7) is 0. The van der Waals surface area contributed by atoms with E-state index >= 15 is 0 Å². The molecule has 0 aromatic heterocycles. The first kappa shape index (κ1) is 5.52. The van der Waals surface area contributed by atoms with Gasteiger partial charge in [0.2, 0.25) is 5.67 Å². The van der Waals surface area contributed by atoms with E-state index in [-0.39, 0.29) is 12.8 Å². The molecule has 0 bridgehead atoms. The highest BCUT2D eigenvalue weighted by Crippen LogP contribution is 2.34. The molecule has 0 amide bonds. The summed E-state index contributed by atoms with van der Waals surface area (Å²) < 4.78 is 12.4. The van der Waals surface area contributed by atoms with Gasteiger partial charge in [0.1, 0.15) is 6.07 Å². The van der Waals surface area contributed by atoms with E-state index in [1.165, 1.54) is 6.07 Å². The van der Waals surface area contributed by atoms with Crippen LogP contribution in [-0.4, -0.2) is 16.9 Å². The third-order valence-corrected chi connectivity index (χ3v) is 1.32. The first-order valence-electron chi connectivity index (χ1n) is 2.44. The number of hydrogen-bond donors (Lipinski definition) is 1. The number of aliphatic hydroxyl groups is 1. The van der Waals surface area contributed by atoms with Crippen LogP contribution in [0.15, 0.2) is 0 Å². The van der Waals surface area contributed by atoms with E-state index in [0.29, 0.717) is 0 Å². The lowest BCUT2D eigenvalue weighted by molar-refractivity contribution is -0.0202. The Morgan fingerprint density at radius 2 is 2.25 bits per heavy atom. The average molecular weight is 115 g/mol. The minimum absolute atomic E-state index is 0.0104. The van der Waals surface area contributed by atoms with E-state index in [1.54, 1.807) is 0 Å². The van der Waals surface area contributed by atoms with Gasteiger partial charge in [0.25, 0.3) is 0 Å². The lowest BCUT2D eigenvalue weighted by Gasteiger charge is -2.31. The van der Waals surface area contributed by atoms with Gasteiger partial charge in [0.15, 0.2) is 0 Å². The van der Waals surface area contributed by atoms with E-state index < -0.39 is 11.8 Å².